The van der Waals surface area contributed by atoms with Gasteiger partial charge < -0.3 is 20.7 Å². The molecule has 0 aliphatic carbocycles. The van der Waals surface area contributed by atoms with Crippen LogP contribution in [0.2, 0.25) is 0 Å². The van der Waals surface area contributed by atoms with Gasteiger partial charge in [-0.05, 0) is 52.7 Å². The minimum absolute atomic E-state index is 0.261. The number of hydrogen-bond donors (Lipinski definition) is 2. The number of carbonyl (C=O) groups excluding carboxylic acids is 1. The topological polar surface area (TPSA) is 67.6 Å². The summed E-state index contributed by atoms with van der Waals surface area (Å²) in [6.07, 6.45) is 2.87. The molecule has 0 saturated carbocycles. The molecular formula is C15H33N3O2. The fourth-order valence-electron chi connectivity index (χ4n) is 2.27. The first-order valence-electron chi connectivity index (χ1n) is 7.85. The first-order valence-corrected chi connectivity index (χ1v) is 7.85. The number of hydrogen-bond acceptors (Lipinski definition) is 4. The van der Waals surface area contributed by atoms with Crippen LogP contribution in [0.4, 0.5) is 0 Å². The normalized spacial score (nSPS) is 14.4. The van der Waals surface area contributed by atoms with Gasteiger partial charge in [-0.15, -0.1) is 0 Å². The molecular weight excluding hydrogens is 254 g/mol. The average Bonchev–Trinajstić information content (AvgIpc) is 2.41. The fourth-order valence-corrected chi connectivity index (χ4v) is 2.27. The van der Waals surface area contributed by atoms with E-state index in [4.69, 9.17) is 10.5 Å². The standard InChI is InChI=1S/C15H33N3O2/c1-5-17-15(4,14(16)19)10-8-9-11-18(6-2)12-13-20-7-3/h17H,5-13H2,1-4H3,(H2,16,19). The molecule has 0 aliphatic heterocycles. The Hall–Kier alpha value is -0.650. The van der Waals surface area contributed by atoms with Gasteiger partial charge in [-0.1, -0.05) is 13.8 Å². The van der Waals surface area contributed by atoms with E-state index < -0.39 is 5.54 Å². The predicted octanol–water partition coefficient (Wildman–Crippen LogP) is 1.37. The van der Waals surface area contributed by atoms with Crippen molar-refractivity contribution >= 4 is 5.91 Å². The Morgan fingerprint density at radius 3 is 2.45 bits per heavy atom. The maximum Gasteiger partial charge on any atom is 0.237 e. The molecule has 5 nitrogen and oxygen atoms in total. The smallest absolute Gasteiger partial charge is 0.237 e. The molecule has 0 heterocycles. The molecule has 0 aromatic rings. The molecule has 0 aromatic heterocycles. The number of nitrogens with zero attached hydrogens (tertiary/aromatic N) is 1. The number of nitrogens with two attached hydrogens (primary N) is 1. The lowest BCUT2D eigenvalue weighted by molar-refractivity contribution is -0.124. The van der Waals surface area contributed by atoms with E-state index in [1.807, 2.05) is 20.8 Å². The van der Waals surface area contributed by atoms with Crippen molar-refractivity contribution in [1.82, 2.24) is 10.2 Å². The van der Waals surface area contributed by atoms with Crippen LogP contribution in [0.3, 0.4) is 0 Å². The lowest BCUT2D eigenvalue weighted by atomic mass is 9.94. The highest BCUT2D eigenvalue weighted by molar-refractivity contribution is 5.84. The zero-order valence-corrected chi connectivity index (χ0v) is 13.7. The molecule has 0 aromatic carbocycles. The molecule has 5 heteroatoms. The highest BCUT2D eigenvalue weighted by Crippen LogP contribution is 2.13. The van der Waals surface area contributed by atoms with Crippen molar-refractivity contribution < 1.29 is 9.53 Å². The molecule has 0 bridgehead atoms. The number of amides is 1. The summed E-state index contributed by atoms with van der Waals surface area (Å²) < 4.78 is 5.38. The van der Waals surface area contributed by atoms with Crippen molar-refractivity contribution in [2.24, 2.45) is 5.73 Å². The number of rotatable bonds is 13. The van der Waals surface area contributed by atoms with Gasteiger partial charge >= 0.3 is 0 Å². The van der Waals surface area contributed by atoms with Crippen molar-refractivity contribution in [3.8, 4) is 0 Å². The van der Waals surface area contributed by atoms with E-state index >= 15 is 0 Å². The third-order valence-corrected chi connectivity index (χ3v) is 3.72. The predicted molar refractivity (Wildman–Crippen MR) is 83.7 cm³/mol. The monoisotopic (exact) mass is 287 g/mol. The van der Waals surface area contributed by atoms with E-state index in [1.54, 1.807) is 0 Å². The molecule has 1 amide bonds. The largest absolute Gasteiger partial charge is 0.380 e. The van der Waals surface area contributed by atoms with Crippen LogP contribution in [0.1, 0.15) is 47.0 Å². The lowest BCUT2D eigenvalue weighted by Gasteiger charge is -2.27. The highest BCUT2D eigenvalue weighted by atomic mass is 16.5. The zero-order chi connectivity index (χ0) is 15.4. The fraction of sp³-hybridized carbons (Fsp3) is 0.933. The summed E-state index contributed by atoms with van der Waals surface area (Å²) in [7, 11) is 0. The Morgan fingerprint density at radius 2 is 1.95 bits per heavy atom. The van der Waals surface area contributed by atoms with Crippen LogP contribution in [0.5, 0.6) is 0 Å². The van der Waals surface area contributed by atoms with Crippen LogP contribution in [0.15, 0.2) is 0 Å². The van der Waals surface area contributed by atoms with Crippen molar-refractivity contribution in [3.05, 3.63) is 0 Å². The Kier molecular flexibility index (Phi) is 10.7. The van der Waals surface area contributed by atoms with Crippen LogP contribution in [0, 0.1) is 0 Å². The van der Waals surface area contributed by atoms with Gasteiger partial charge in [0.05, 0.1) is 12.1 Å². The van der Waals surface area contributed by atoms with Crippen LogP contribution in [0.25, 0.3) is 0 Å². The van der Waals surface area contributed by atoms with Gasteiger partial charge in [0.1, 0.15) is 0 Å². The third kappa shape index (κ3) is 7.82. The Balaban J connectivity index is 3.93. The van der Waals surface area contributed by atoms with Gasteiger partial charge in [0.15, 0.2) is 0 Å². The van der Waals surface area contributed by atoms with Gasteiger partial charge in [0.2, 0.25) is 5.91 Å². The number of primary amides is 1. The molecule has 0 fully saturated rings. The summed E-state index contributed by atoms with van der Waals surface area (Å²) in [5.74, 6) is -0.261. The van der Waals surface area contributed by atoms with E-state index in [0.717, 1.165) is 58.7 Å². The third-order valence-electron chi connectivity index (χ3n) is 3.72. The average molecular weight is 287 g/mol. The van der Waals surface area contributed by atoms with E-state index in [9.17, 15) is 4.79 Å². The van der Waals surface area contributed by atoms with E-state index in [-0.39, 0.29) is 5.91 Å². The Labute approximate surface area is 124 Å². The zero-order valence-electron chi connectivity index (χ0n) is 13.7. The van der Waals surface area contributed by atoms with Crippen molar-refractivity contribution in [3.63, 3.8) is 0 Å². The molecule has 0 rings (SSSR count). The van der Waals surface area contributed by atoms with Crippen LogP contribution >= 0.6 is 0 Å². The van der Waals surface area contributed by atoms with Gasteiger partial charge in [0.25, 0.3) is 0 Å². The number of likely N-dealkylation sites (N-methyl/N-ethyl adjacent to an activating group) is 2. The second kappa shape index (κ2) is 11.1. The second-order valence-corrected chi connectivity index (χ2v) is 5.31. The van der Waals surface area contributed by atoms with Crippen LogP contribution < -0.4 is 11.1 Å². The Morgan fingerprint density at radius 1 is 1.25 bits per heavy atom. The molecule has 20 heavy (non-hydrogen) atoms. The Bertz CT molecular complexity index is 262. The number of carbonyl (C=O) groups is 1. The van der Waals surface area contributed by atoms with E-state index in [0.29, 0.717) is 0 Å². The van der Waals surface area contributed by atoms with Crippen molar-refractivity contribution in [2.45, 2.75) is 52.5 Å². The molecule has 120 valence electrons. The minimum Gasteiger partial charge on any atom is -0.380 e. The summed E-state index contributed by atoms with van der Waals surface area (Å²) in [5, 5.41) is 3.19. The molecule has 0 aliphatic rings. The number of unbranched alkanes of at least 4 members (excludes halogenated alkanes) is 1. The quantitative estimate of drug-likeness (QED) is 0.502. The molecule has 0 radical (unpaired) electrons. The highest BCUT2D eigenvalue weighted by Gasteiger charge is 2.28. The maximum absolute atomic E-state index is 11.5. The SMILES string of the molecule is CCNC(C)(CCCCN(CC)CCOCC)C(N)=O. The van der Waals surface area contributed by atoms with E-state index in [1.165, 1.54) is 0 Å². The first kappa shape index (κ1) is 19.4. The van der Waals surface area contributed by atoms with Gasteiger partial charge in [-0.25, -0.2) is 0 Å². The summed E-state index contributed by atoms with van der Waals surface area (Å²) in [6.45, 7) is 13.5. The number of ether oxygens (including phenoxy) is 1. The van der Waals surface area contributed by atoms with Gasteiger partial charge in [-0.3, -0.25) is 4.79 Å². The minimum atomic E-state index is -0.572. The van der Waals surface area contributed by atoms with Crippen molar-refractivity contribution in [1.29, 1.82) is 0 Å². The molecule has 1 atom stereocenters. The summed E-state index contributed by atoms with van der Waals surface area (Å²) in [5.41, 5.74) is 4.91. The number of nitrogens with one attached hydrogen (secondary N) is 1. The second-order valence-electron chi connectivity index (χ2n) is 5.31. The first-order chi connectivity index (χ1) is 9.50. The summed E-state index contributed by atoms with van der Waals surface area (Å²) in [6, 6.07) is 0. The van der Waals surface area contributed by atoms with Crippen molar-refractivity contribution in [2.75, 3.05) is 39.4 Å². The van der Waals surface area contributed by atoms with Gasteiger partial charge in [0, 0.05) is 13.2 Å². The molecule has 0 spiro atoms. The maximum atomic E-state index is 11.5. The van der Waals surface area contributed by atoms with Crippen LogP contribution in [-0.2, 0) is 9.53 Å². The summed E-state index contributed by atoms with van der Waals surface area (Å²) in [4.78, 5) is 13.9. The van der Waals surface area contributed by atoms with Crippen LogP contribution in [-0.4, -0.2) is 55.7 Å². The lowest BCUT2D eigenvalue weighted by Crippen LogP contribution is -2.53. The molecule has 1 unspecified atom stereocenters. The van der Waals surface area contributed by atoms with E-state index in [2.05, 4.69) is 17.1 Å². The molecule has 3 N–H and O–H groups in total. The van der Waals surface area contributed by atoms with Gasteiger partial charge in [-0.2, -0.15) is 0 Å². The molecule has 0 saturated heterocycles. The summed E-state index contributed by atoms with van der Waals surface area (Å²) >= 11 is 0.